The molecule has 0 unspecified atom stereocenters. The average molecular weight is 233 g/mol. The maximum Gasteiger partial charge on any atom is 0.328 e. The second kappa shape index (κ2) is 4.97. The zero-order valence-corrected chi connectivity index (χ0v) is 9.68. The van der Waals surface area contributed by atoms with Crippen LogP contribution in [0.2, 0.25) is 0 Å². The lowest BCUT2D eigenvalue weighted by molar-refractivity contribution is -0.131. The van der Waals surface area contributed by atoms with Gasteiger partial charge in [-0.1, -0.05) is 0 Å². The maximum absolute atomic E-state index is 10.4. The quantitative estimate of drug-likeness (QED) is 0.747. The molecule has 0 saturated carbocycles. The van der Waals surface area contributed by atoms with Crippen molar-refractivity contribution in [1.29, 1.82) is 0 Å². The van der Waals surface area contributed by atoms with Crippen molar-refractivity contribution in [2.75, 3.05) is 25.5 Å². The second-order valence-corrected chi connectivity index (χ2v) is 4.11. The first-order chi connectivity index (χ1) is 8.15. The van der Waals surface area contributed by atoms with Crippen molar-refractivity contribution in [3.05, 3.63) is 29.5 Å². The van der Waals surface area contributed by atoms with Gasteiger partial charge in [0.2, 0.25) is 0 Å². The van der Waals surface area contributed by atoms with Crippen LogP contribution < -0.4 is 5.32 Å². The molecule has 90 valence electrons. The van der Waals surface area contributed by atoms with Crippen molar-refractivity contribution in [3.8, 4) is 0 Å². The van der Waals surface area contributed by atoms with Crippen molar-refractivity contribution < 1.29 is 9.90 Å². The molecule has 1 aliphatic heterocycles. The van der Waals surface area contributed by atoms with Crippen LogP contribution in [0.15, 0.2) is 18.3 Å². The molecule has 2 rings (SSSR count). The summed E-state index contributed by atoms with van der Waals surface area (Å²) < 4.78 is 0. The number of likely N-dealkylation sites (N-methyl/N-ethyl adjacent to an activating group) is 1. The molecule has 1 aromatic rings. The molecule has 2 N–H and O–H groups in total. The van der Waals surface area contributed by atoms with Gasteiger partial charge in [-0.25, -0.2) is 9.78 Å². The molecule has 0 saturated heterocycles. The van der Waals surface area contributed by atoms with E-state index in [0.717, 1.165) is 42.7 Å². The number of rotatable bonds is 2. The van der Waals surface area contributed by atoms with Crippen LogP contribution in [0.3, 0.4) is 0 Å². The SMILES string of the molecule is CN1CCNc2ncc(/C=C/C(=O)O)cc2C1. The van der Waals surface area contributed by atoms with Crippen LogP contribution in [0.5, 0.6) is 0 Å². The van der Waals surface area contributed by atoms with E-state index in [1.807, 2.05) is 6.07 Å². The highest BCUT2D eigenvalue weighted by Gasteiger charge is 2.11. The van der Waals surface area contributed by atoms with E-state index in [4.69, 9.17) is 5.11 Å². The monoisotopic (exact) mass is 233 g/mol. The van der Waals surface area contributed by atoms with Crippen molar-refractivity contribution in [3.63, 3.8) is 0 Å². The Labute approximate surface area is 99.8 Å². The van der Waals surface area contributed by atoms with Crippen LogP contribution in [0.1, 0.15) is 11.1 Å². The van der Waals surface area contributed by atoms with Gasteiger partial charge in [0.05, 0.1) is 0 Å². The van der Waals surface area contributed by atoms with E-state index in [-0.39, 0.29) is 0 Å². The number of anilines is 1. The van der Waals surface area contributed by atoms with Gasteiger partial charge in [-0.2, -0.15) is 0 Å². The van der Waals surface area contributed by atoms with Crippen LogP contribution in [0, 0.1) is 0 Å². The topological polar surface area (TPSA) is 65.5 Å². The molecule has 0 spiro atoms. The third-order valence-corrected chi connectivity index (χ3v) is 2.63. The second-order valence-electron chi connectivity index (χ2n) is 4.11. The first-order valence-corrected chi connectivity index (χ1v) is 5.47. The summed E-state index contributed by atoms with van der Waals surface area (Å²) >= 11 is 0. The molecule has 1 aromatic heterocycles. The molecule has 0 radical (unpaired) electrons. The average Bonchev–Trinajstić information content (AvgIpc) is 2.46. The number of carboxylic acids is 1. The Hall–Kier alpha value is -1.88. The molecule has 5 heteroatoms. The Balaban J connectivity index is 2.26. The zero-order valence-electron chi connectivity index (χ0n) is 9.68. The molecule has 5 nitrogen and oxygen atoms in total. The summed E-state index contributed by atoms with van der Waals surface area (Å²) in [7, 11) is 2.05. The molecular formula is C12H15N3O2. The van der Waals surface area contributed by atoms with Crippen LogP contribution in [-0.2, 0) is 11.3 Å². The van der Waals surface area contributed by atoms with E-state index >= 15 is 0 Å². The molecular weight excluding hydrogens is 218 g/mol. The van der Waals surface area contributed by atoms with Gasteiger partial charge in [-0.3, -0.25) is 0 Å². The number of aliphatic carboxylic acids is 1. The number of carboxylic acid groups (broad SMARTS) is 1. The minimum atomic E-state index is -0.949. The van der Waals surface area contributed by atoms with Gasteiger partial charge >= 0.3 is 5.97 Å². The third kappa shape index (κ3) is 3.04. The first-order valence-electron chi connectivity index (χ1n) is 5.47. The van der Waals surface area contributed by atoms with Crippen molar-refractivity contribution >= 4 is 17.9 Å². The zero-order chi connectivity index (χ0) is 12.3. The Kier molecular flexibility index (Phi) is 3.39. The number of nitrogens with one attached hydrogen (secondary N) is 1. The number of hydrogen-bond acceptors (Lipinski definition) is 4. The molecule has 1 aliphatic rings. The highest BCUT2D eigenvalue weighted by Crippen LogP contribution is 2.18. The fourth-order valence-corrected chi connectivity index (χ4v) is 1.80. The number of hydrogen-bond donors (Lipinski definition) is 2. The molecule has 0 amide bonds. The number of pyridine rings is 1. The number of fused-ring (bicyclic) bond motifs is 1. The van der Waals surface area contributed by atoms with Crippen LogP contribution in [0.25, 0.3) is 6.08 Å². The highest BCUT2D eigenvalue weighted by atomic mass is 16.4. The molecule has 0 bridgehead atoms. The largest absolute Gasteiger partial charge is 0.478 e. The standard InChI is InChI=1S/C12H15N3O2/c1-15-5-4-13-12-10(8-15)6-9(7-14-12)2-3-11(16)17/h2-3,6-7H,4-5,8H2,1H3,(H,13,14)(H,16,17)/b3-2+. The molecule has 0 fully saturated rings. The summed E-state index contributed by atoms with van der Waals surface area (Å²) in [6.07, 6.45) is 4.36. The van der Waals surface area contributed by atoms with Gasteiger partial charge in [0.15, 0.2) is 0 Å². The summed E-state index contributed by atoms with van der Waals surface area (Å²) in [5, 5.41) is 11.8. The summed E-state index contributed by atoms with van der Waals surface area (Å²) in [6, 6.07) is 1.97. The Bertz CT molecular complexity index is 457. The van der Waals surface area contributed by atoms with Crippen LogP contribution in [0.4, 0.5) is 5.82 Å². The predicted molar refractivity (Wildman–Crippen MR) is 65.7 cm³/mol. The summed E-state index contributed by atoms with van der Waals surface area (Å²) in [5.74, 6) is -0.0583. The predicted octanol–water partition coefficient (Wildman–Crippen LogP) is 1.04. The Morgan fingerprint density at radius 2 is 2.47 bits per heavy atom. The maximum atomic E-state index is 10.4. The lowest BCUT2D eigenvalue weighted by Crippen LogP contribution is -2.20. The molecule has 0 aromatic carbocycles. The van der Waals surface area contributed by atoms with Gasteiger partial charge < -0.3 is 15.3 Å². The van der Waals surface area contributed by atoms with E-state index < -0.39 is 5.97 Å². The highest BCUT2D eigenvalue weighted by molar-refractivity contribution is 5.85. The Morgan fingerprint density at radius 3 is 3.24 bits per heavy atom. The van der Waals surface area contributed by atoms with Gasteiger partial charge in [-0.05, 0) is 24.8 Å². The number of aromatic nitrogens is 1. The fraction of sp³-hybridized carbons (Fsp3) is 0.333. The van der Waals surface area contributed by atoms with E-state index in [1.54, 1.807) is 12.3 Å². The Morgan fingerprint density at radius 1 is 1.65 bits per heavy atom. The lowest BCUT2D eigenvalue weighted by atomic mass is 10.1. The van der Waals surface area contributed by atoms with Gasteiger partial charge in [0.1, 0.15) is 5.82 Å². The minimum absolute atomic E-state index is 0.809. The minimum Gasteiger partial charge on any atom is -0.478 e. The molecule has 0 aliphatic carbocycles. The molecule has 17 heavy (non-hydrogen) atoms. The number of carbonyl (C=O) groups is 1. The summed E-state index contributed by atoms with van der Waals surface area (Å²) in [5.41, 5.74) is 1.90. The van der Waals surface area contributed by atoms with Crippen LogP contribution >= 0.6 is 0 Å². The fourth-order valence-electron chi connectivity index (χ4n) is 1.80. The lowest BCUT2D eigenvalue weighted by Gasteiger charge is -2.12. The summed E-state index contributed by atoms with van der Waals surface area (Å²) in [4.78, 5) is 16.9. The summed E-state index contributed by atoms with van der Waals surface area (Å²) in [6.45, 7) is 2.67. The van der Waals surface area contributed by atoms with E-state index in [2.05, 4.69) is 22.2 Å². The van der Waals surface area contributed by atoms with Crippen molar-refractivity contribution in [1.82, 2.24) is 9.88 Å². The number of nitrogens with zero attached hydrogens (tertiary/aromatic N) is 2. The van der Waals surface area contributed by atoms with Gasteiger partial charge in [-0.15, -0.1) is 0 Å². The smallest absolute Gasteiger partial charge is 0.328 e. The van der Waals surface area contributed by atoms with E-state index in [0.29, 0.717) is 0 Å². The van der Waals surface area contributed by atoms with Crippen molar-refractivity contribution in [2.24, 2.45) is 0 Å². The normalized spacial score (nSPS) is 16.3. The molecule has 0 atom stereocenters. The molecule has 2 heterocycles. The van der Waals surface area contributed by atoms with Gasteiger partial charge in [0.25, 0.3) is 0 Å². The first kappa shape index (κ1) is 11.6. The van der Waals surface area contributed by atoms with Gasteiger partial charge in [0, 0.05) is 37.5 Å². The third-order valence-electron chi connectivity index (χ3n) is 2.63. The van der Waals surface area contributed by atoms with Crippen LogP contribution in [-0.4, -0.2) is 41.1 Å². The van der Waals surface area contributed by atoms with E-state index in [9.17, 15) is 4.79 Å². The van der Waals surface area contributed by atoms with E-state index in [1.165, 1.54) is 0 Å². The van der Waals surface area contributed by atoms with Crippen molar-refractivity contribution in [2.45, 2.75) is 6.54 Å².